The molecule has 0 aromatic heterocycles. The molecule has 1 N–H and O–H groups in total. The fraction of sp³-hybridized carbons (Fsp3) is 0.600. The number of nitrogens with one attached hydrogen (secondary N) is 1. The molecular weight excluding hydrogens is 213 g/mol. The molecule has 0 fully saturated rings. The molecule has 0 aliphatic carbocycles. The molecule has 0 amide bonds. The summed E-state index contributed by atoms with van der Waals surface area (Å²) in [7, 11) is 0. The zero-order valence-electron chi connectivity index (χ0n) is 11.2. The van der Waals surface area contributed by atoms with E-state index in [0.717, 1.165) is 19.4 Å². The van der Waals surface area contributed by atoms with E-state index in [2.05, 4.69) is 26.1 Å². The summed E-state index contributed by atoms with van der Waals surface area (Å²) in [5.74, 6) is 0.486. The lowest BCUT2D eigenvalue weighted by Crippen LogP contribution is -2.34. The molecule has 1 aromatic rings. The molecule has 0 aliphatic heterocycles. The van der Waals surface area contributed by atoms with Crippen LogP contribution in [-0.4, -0.2) is 12.6 Å². The van der Waals surface area contributed by atoms with Gasteiger partial charge in [0, 0.05) is 6.04 Å². The highest BCUT2D eigenvalue weighted by Crippen LogP contribution is 2.12. The van der Waals surface area contributed by atoms with Crippen LogP contribution in [-0.2, 0) is 6.42 Å². The number of hydrogen-bond acceptors (Lipinski definition) is 1. The van der Waals surface area contributed by atoms with Gasteiger partial charge >= 0.3 is 0 Å². The van der Waals surface area contributed by atoms with Crippen molar-refractivity contribution in [3.05, 3.63) is 35.6 Å². The minimum absolute atomic E-state index is 0.154. The lowest BCUT2D eigenvalue weighted by Gasteiger charge is -2.22. The maximum absolute atomic E-state index is 12.8. The Balaban J connectivity index is 2.43. The predicted octanol–water partition coefficient (Wildman–Crippen LogP) is 3.78. The molecule has 0 saturated carbocycles. The molecule has 0 saturated heterocycles. The molecule has 96 valence electrons. The predicted molar refractivity (Wildman–Crippen MR) is 71.6 cm³/mol. The van der Waals surface area contributed by atoms with Gasteiger partial charge in [-0.05, 0) is 49.4 Å². The van der Waals surface area contributed by atoms with Crippen LogP contribution in [0.2, 0.25) is 0 Å². The SMILES string of the molecule is CCCNC(CCc1ccc(F)cc1)C(C)C. The van der Waals surface area contributed by atoms with Crippen LogP contribution in [0.5, 0.6) is 0 Å². The van der Waals surface area contributed by atoms with E-state index in [9.17, 15) is 4.39 Å². The molecule has 0 spiro atoms. The van der Waals surface area contributed by atoms with Crippen molar-refractivity contribution in [2.24, 2.45) is 5.92 Å². The quantitative estimate of drug-likeness (QED) is 0.761. The molecular formula is C15H24FN. The van der Waals surface area contributed by atoms with Crippen molar-refractivity contribution in [1.82, 2.24) is 5.32 Å². The maximum Gasteiger partial charge on any atom is 0.123 e. The van der Waals surface area contributed by atoms with Gasteiger partial charge in [-0.15, -0.1) is 0 Å². The number of halogens is 1. The van der Waals surface area contributed by atoms with Crippen LogP contribution in [0, 0.1) is 11.7 Å². The van der Waals surface area contributed by atoms with Crippen molar-refractivity contribution in [3.8, 4) is 0 Å². The fourth-order valence-corrected chi connectivity index (χ4v) is 1.97. The van der Waals surface area contributed by atoms with E-state index in [4.69, 9.17) is 0 Å². The zero-order chi connectivity index (χ0) is 12.7. The van der Waals surface area contributed by atoms with Gasteiger partial charge in [-0.1, -0.05) is 32.9 Å². The summed E-state index contributed by atoms with van der Waals surface area (Å²) in [6.07, 6.45) is 3.29. The van der Waals surface area contributed by atoms with Gasteiger partial charge in [0.25, 0.3) is 0 Å². The average Bonchev–Trinajstić information content (AvgIpc) is 2.31. The molecule has 1 rings (SSSR count). The van der Waals surface area contributed by atoms with E-state index >= 15 is 0 Å². The first-order chi connectivity index (χ1) is 8.13. The first-order valence-corrected chi connectivity index (χ1v) is 6.61. The second-order valence-electron chi connectivity index (χ2n) is 4.97. The van der Waals surface area contributed by atoms with Crippen molar-refractivity contribution in [3.63, 3.8) is 0 Å². The van der Waals surface area contributed by atoms with E-state index in [1.807, 2.05) is 12.1 Å². The Morgan fingerprint density at radius 2 is 1.82 bits per heavy atom. The van der Waals surface area contributed by atoms with Gasteiger partial charge < -0.3 is 5.32 Å². The van der Waals surface area contributed by atoms with Crippen molar-refractivity contribution >= 4 is 0 Å². The van der Waals surface area contributed by atoms with Crippen LogP contribution in [0.15, 0.2) is 24.3 Å². The Labute approximate surface area is 104 Å². The van der Waals surface area contributed by atoms with Crippen LogP contribution in [0.3, 0.4) is 0 Å². The van der Waals surface area contributed by atoms with Gasteiger partial charge in [0.1, 0.15) is 5.82 Å². The van der Waals surface area contributed by atoms with Crippen LogP contribution in [0.4, 0.5) is 4.39 Å². The first-order valence-electron chi connectivity index (χ1n) is 6.61. The second kappa shape index (κ2) is 7.44. The highest BCUT2D eigenvalue weighted by molar-refractivity contribution is 5.16. The summed E-state index contributed by atoms with van der Waals surface area (Å²) in [5, 5.41) is 3.58. The van der Waals surface area contributed by atoms with Gasteiger partial charge in [0.05, 0.1) is 0 Å². The minimum atomic E-state index is -0.154. The lowest BCUT2D eigenvalue weighted by molar-refractivity contribution is 0.378. The Kier molecular flexibility index (Phi) is 6.20. The molecule has 0 radical (unpaired) electrons. The number of aryl methyl sites for hydroxylation is 1. The topological polar surface area (TPSA) is 12.0 Å². The van der Waals surface area contributed by atoms with Gasteiger partial charge in [0.15, 0.2) is 0 Å². The van der Waals surface area contributed by atoms with Crippen molar-refractivity contribution in [1.29, 1.82) is 0 Å². The summed E-state index contributed by atoms with van der Waals surface area (Å²) in [5.41, 5.74) is 1.22. The molecule has 0 bridgehead atoms. The highest BCUT2D eigenvalue weighted by Gasteiger charge is 2.11. The van der Waals surface area contributed by atoms with Crippen molar-refractivity contribution in [2.75, 3.05) is 6.54 Å². The van der Waals surface area contributed by atoms with Crippen LogP contribution in [0.25, 0.3) is 0 Å². The van der Waals surface area contributed by atoms with E-state index < -0.39 is 0 Å². The van der Waals surface area contributed by atoms with Crippen LogP contribution >= 0.6 is 0 Å². The van der Waals surface area contributed by atoms with E-state index in [-0.39, 0.29) is 5.82 Å². The van der Waals surface area contributed by atoms with E-state index in [1.165, 1.54) is 12.0 Å². The second-order valence-corrected chi connectivity index (χ2v) is 4.97. The van der Waals surface area contributed by atoms with Gasteiger partial charge in [-0.25, -0.2) is 4.39 Å². The number of benzene rings is 1. The molecule has 1 aromatic carbocycles. The molecule has 17 heavy (non-hydrogen) atoms. The Morgan fingerprint density at radius 3 is 2.35 bits per heavy atom. The Bertz CT molecular complexity index is 305. The normalized spacial score (nSPS) is 13.0. The minimum Gasteiger partial charge on any atom is -0.314 e. The maximum atomic E-state index is 12.8. The van der Waals surface area contributed by atoms with Gasteiger partial charge in [-0.3, -0.25) is 0 Å². The first kappa shape index (κ1) is 14.2. The molecule has 1 atom stereocenters. The summed E-state index contributed by atoms with van der Waals surface area (Å²) >= 11 is 0. The average molecular weight is 237 g/mol. The summed E-state index contributed by atoms with van der Waals surface area (Å²) in [6, 6.07) is 7.40. The third-order valence-corrected chi connectivity index (χ3v) is 3.12. The van der Waals surface area contributed by atoms with E-state index in [1.54, 1.807) is 12.1 Å². The smallest absolute Gasteiger partial charge is 0.123 e. The van der Waals surface area contributed by atoms with Crippen molar-refractivity contribution < 1.29 is 4.39 Å². The van der Waals surface area contributed by atoms with Crippen LogP contribution < -0.4 is 5.32 Å². The standard InChI is InChI=1S/C15H24FN/c1-4-11-17-15(12(2)3)10-7-13-5-8-14(16)9-6-13/h5-6,8-9,12,15,17H,4,7,10-11H2,1-3H3. The number of rotatable bonds is 7. The largest absolute Gasteiger partial charge is 0.314 e. The van der Waals surface area contributed by atoms with Crippen molar-refractivity contribution in [2.45, 2.75) is 46.1 Å². The molecule has 0 heterocycles. The lowest BCUT2D eigenvalue weighted by atomic mass is 9.96. The van der Waals surface area contributed by atoms with Gasteiger partial charge in [0.2, 0.25) is 0 Å². The Morgan fingerprint density at radius 1 is 1.18 bits per heavy atom. The summed E-state index contributed by atoms with van der Waals surface area (Å²) in [4.78, 5) is 0. The van der Waals surface area contributed by atoms with Gasteiger partial charge in [-0.2, -0.15) is 0 Å². The third-order valence-electron chi connectivity index (χ3n) is 3.12. The third kappa shape index (κ3) is 5.31. The van der Waals surface area contributed by atoms with Crippen LogP contribution in [0.1, 0.15) is 39.2 Å². The highest BCUT2D eigenvalue weighted by atomic mass is 19.1. The fourth-order valence-electron chi connectivity index (χ4n) is 1.97. The Hall–Kier alpha value is -0.890. The molecule has 2 heteroatoms. The number of hydrogen-bond donors (Lipinski definition) is 1. The monoisotopic (exact) mass is 237 g/mol. The zero-order valence-corrected chi connectivity index (χ0v) is 11.2. The molecule has 1 nitrogen and oxygen atoms in total. The summed E-state index contributed by atoms with van der Waals surface area (Å²) in [6.45, 7) is 7.76. The molecule has 1 unspecified atom stereocenters. The van der Waals surface area contributed by atoms with E-state index in [0.29, 0.717) is 12.0 Å². The molecule has 0 aliphatic rings. The summed E-state index contributed by atoms with van der Waals surface area (Å²) < 4.78 is 12.8.